The lowest BCUT2D eigenvalue weighted by atomic mass is 10.2. The van der Waals surface area contributed by atoms with Crippen molar-refractivity contribution >= 4 is 5.97 Å². The molecule has 1 aliphatic heterocycles. The van der Waals surface area contributed by atoms with Crippen molar-refractivity contribution in [2.45, 2.75) is 25.6 Å². The SMILES string of the molecule is O=C(OCc1ccccc1)[C@H]1CCCO1. The highest BCUT2D eigenvalue weighted by Crippen LogP contribution is 2.14. The van der Waals surface area contributed by atoms with E-state index in [0.29, 0.717) is 13.2 Å². The summed E-state index contributed by atoms with van der Waals surface area (Å²) in [6.45, 7) is 1.00. The molecule has 15 heavy (non-hydrogen) atoms. The first-order chi connectivity index (χ1) is 7.36. The maximum atomic E-state index is 11.5. The monoisotopic (exact) mass is 206 g/mol. The molecule has 0 unspecified atom stereocenters. The highest BCUT2D eigenvalue weighted by Gasteiger charge is 2.24. The van der Waals surface area contributed by atoms with Crippen LogP contribution >= 0.6 is 0 Å². The average molecular weight is 206 g/mol. The maximum Gasteiger partial charge on any atom is 0.335 e. The highest BCUT2D eigenvalue weighted by molar-refractivity contribution is 5.74. The quantitative estimate of drug-likeness (QED) is 0.709. The van der Waals surface area contributed by atoms with Crippen molar-refractivity contribution in [2.24, 2.45) is 0 Å². The van der Waals surface area contributed by atoms with Crippen LogP contribution in [0.15, 0.2) is 30.3 Å². The summed E-state index contributed by atoms with van der Waals surface area (Å²) in [5.74, 6) is -0.239. The molecule has 0 radical (unpaired) electrons. The van der Waals surface area contributed by atoms with Gasteiger partial charge >= 0.3 is 5.97 Å². The zero-order valence-electron chi connectivity index (χ0n) is 8.52. The molecular formula is C12H14O3. The lowest BCUT2D eigenvalue weighted by molar-refractivity contribution is -0.155. The molecule has 2 rings (SSSR count). The summed E-state index contributed by atoms with van der Waals surface area (Å²) in [6.07, 6.45) is 1.40. The van der Waals surface area contributed by atoms with Gasteiger partial charge in [-0.05, 0) is 18.4 Å². The smallest absolute Gasteiger partial charge is 0.335 e. The van der Waals surface area contributed by atoms with E-state index in [2.05, 4.69) is 0 Å². The molecule has 3 heteroatoms. The van der Waals surface area contributed by atoms with Gasteiger partial charge < -0.3 is 9.47 Å². The number of hydrogen-bond donors (Lipinski definition) is 0. The summed E-state index contributed by atoms with van der Waals surface area (Å²) in [6, 6.07) is 9.65. The Morgan fingerprint density at radius 2 is 2.20 bits per heavy atom. The number of esters is 1. The van der Waals surface area contributed by atoms with Gasteiger partial charge in [0.15, 0.2) is 6.10 Å². The van der Waals surface area contributed by atoms with Gasteiger partial charge in [-0.1, -0.05) is 30.3 Å². The van der Waals surface area contributed by atoms with Crippen LogP contribution < -0.4 is 0 Å². The Hall–Kier alpha value is -1.35. The molecule has 0 spiro atoms. The fourth-order valence-corrected chi connectivity index (χ4v) is 1.59. The molecular weight excluding hydrogens is 192 g/mol. The minimum atomic E-state index is -0.339. The van der Waals surface area contributed by atoms with Crippen LogP contribution in [0.3, 0.4) is 0 Å². The van der Waals surface area contributed by atoms with Crippen molar-refractivity contribution in [1.82, 2.24) is 0 Å². The van der Waals surface area contributed by atoms with Crippen molar-refractivity contribution in [3.8, 4) is 0 Å². The molecule has 0 N–H and O–H groups in total. The fourth-order valence-electron chi connectivity index (χ4n) is 1.59. The van der Waals surface area contributed by atoms with Crippen molar-refractivity contribution in [3.63, 3.8) is 0 Å². The van der Waals surface area contributed by atoms with Crippen LogP contribution in [-0.2, 0) is 20.9 Å². The zero-order valence-corrected chi connectivity index (χ0v) is 8.52. The molecule has 1 heterocycles. The summed E-state index contributed by atoms with van der Waals surface area (Å²) < 4.78 is 10.4. The molecule has 0 amide bonds. The van der Waals surface area contributed by atoms with Crippen LogP contribution in [0.1, 0.15) is 18.4 Å². The Kier molecular flexibility index (Phi) is 3.35. The largest absolute Gasteiger partial charge is 0.459 e. The zero-order chi connectivity index (χ0) is 10.5. The number of ether oxygens (including phenoxy) is 2. The number of rotatable bonds is 3. The van der Waals surface area contributed by atoms with Crippen LogP contribution in [0.25, 0.3) is 0 Å². The van der Waals surface area contributed by atoms with Gasteiger partial charge in [0.1, 0.15) is 6.61 Å². The molecule has 0 saturated carbocycles. The van der Waals surface area contributed by atoms with Gasteiger partial charge in [-0.3, -0.25) is 0 Å². The topological polar surface area (TPSA) is 35.5 Å². The molecule has 1 saturated heterocycles. The molecule has 1 aromatic rings. The van der Waals surface area contributed by atoms with E-state index < -0.39 is 0 Å². The Balaban J connectivity index is 1.80. The normalized spacial score (nSPS) is 20.1. The van der Waals surface area contributed by atoms with Gasteiger partial charge in [0.25, 0.3) is 0 Å². The van der Waals surface area contributed by atoms with E-state index >= 15 is 0 Å². The lowest BCUT2D eigenvalue weighted by Gasteiger charge is -2.09. The van der Waals surface area contributed by atoms with Crippen molar-refractivity contribution in [3.05, 3.63) is 35.9 Å². The lowest BCUT2D eigenvalue weighted by Crippen LogP contribution is -2.21. The second-order valence-electron chi connectivity index (χ2n) is 3.59. The van der Waals surface area contributed by atoms with Crippen LogP contribution in [0.5, 0.6) is 0 Å². The fraction of sp³-hybridized carbons (Fsp3) is 0.417. The van der Waals surface area contributed by atoms with Crippen LogP contribution in [0.4, 0.5) is 0 Å². The third-order valence-electron chi connectivity index (χ3n) is 2.42. The first-order valence-corrected chi connectivity index (χ1v) is 5.18. The first kappa shape index (κ1) is 10.2. The van der Waals surface area contributed by atoms with Crippen LogP contribution in [-0.4, -0.2) is 18.7 Å². The highest BCUT2D eigenvalue weighted by atomic mass is 16.6. The number of carbonyl (C=O) groups excluding carboxylic acids is 1. The molecule has 0 aromatic heterocycles. The third-order valence-corrected chi connectivity index (χ3v) is 2.42. The van der Waals surface area contributed by atoms with Gasteiger partial charge in [0, 0.05) is 6.61 Å². The van der Waals surface area contributed by atoms with Crippen molar-refractivity contribution in [2.75, 3.05) is 6.61 Å². The van der Waals surface area contributed by atoms with E-state index in [0.717, 1.165) is 18.4 Å². The molecule has 0 bridgehead atoms. The van der Waals surface area contributed by atoms with Crippen molar-refractivity contribution < 1.29 is 14.3 Å². The molecule has 0 aliphatic carbocycles. The minimum Gasteiger partial charge on any atom is -0.459 e. The van der Waals surface area contributed by atoms with Crippen LogP contribution in [0.2, 0.25) is 0 Å². The second-order valence-corrected chi connectivity index (χ2v) is 3.59. The van der Waals surface area contributed by atoms with Gasteiger partial charge in [-0.25, -0.2) is 4.79 Å². The van der Waals surface area contributed by atoms with Gasteiger partial charge in [-0.15, -0.1) is 0 Å². The van der Waals surface area contributed by atoms with E-state index in [9.17, 15) is 4.79 Å². The minimum absolute atomic E-state index is 0.239. The van der Waals surface area contributed by atoms with E-state index in [4.69, 9.17) is 9.47 Å². The Morgan fingerprint density at radius 3 is 2.87 bits per heavy atom. The average Bonchev–Trinajstić information content (AvgIpc) is 2.81. The molecule has 1 atom stereocenters. The Bertz CT molecular complexity index is 315. The number of carbonyl (C=O) groups is 1. The molecule has 80 valence electrons. The van der Waals surface area contributed by atoms with Gasteiger partial charge in [-0.2, -0.15) is 0 Å². The molecule has 3 nitrogen and oxygen atoms in total. The summed E-state index contributed by atoms with van der Waals surface area (Å²) in [5.41, 5.74) is 1.00. The Labute approximate surface area is 89.0 Å². The maximum absolute atomic E-state index is 11.5. The number of benzene rings is 1. The van der Waals surface area contributed by atoms with E-state index in [1.165, 1.54) is 0 Å². The summed E-state index contributed by atoms with van der Waals surface area (Å²) in [4.78, 5) is 11.5. The molecule has 1 aromatic carbocycles. The Morgan fingerprint density at radius 1 is 1.40 bits per heavy atom. The standard InChI is InChI=1S/C12H14O3/c13-12(11-7-4-8-14-11)15-9-10-5-2-1-3-6-10/h1-3,5-6,11H,4,7-9H2/t11-/m1/s1. The van der Waals surface area contributed by atoms with Crippen LogP contribution in [0, 0.1) is 0 Å². The first-order valence-electron chi connectivity index (χ1n) is 5.18. The predicted octanol–water partition coefficient (Wildman–Crippen LogP) is 1.91. The number of hydrogen-bond acceptors (Lipinski definition) is 3. The van der Waals surface area contributed by atoms with Gasteiger partial charge in [0.2, 0.25) is 0 Å². The molecule has 1 fully saturated rings. The third kappa shape index (κ3) is 2.80. The summed E-state index contributed by atoms with van der Waals surface area (Å²) in [5, 5.41) is 0. The van der Waals surface area contributed by atoms with Crippen molar-refractivity contribution in [1.29, 1.82) is 0 Å². The second kappa shape index (κ2) is 4.94. The van der Waals surface area contributed by atoms with E-state index in [-0.39, 0.29) is 12.1 Å². The predicted molar refractivity (Wildman–Crippen MR) is 55.2 cm³/mol. The molecule has 1 aliphatic rings. The summed E-state index contributed by atoms with van der Waals surface area (Å²) in [7, 11) is 0. The summed E-state index contributed by atoms with van der Waals surface area (Å²) >= 11 is 0. The van der Waals surface area contributed by atoms with E-state index in [1.54, 1.807) is 0 Å². The van der Waals surface area contributed by atoms with Gasteiger partial charge in [0.05, 0.1) is 0 Å². The van der Waals surface area contributed by atoms with E-state index in [1.807, 2.05) is 30.3 Å².